The summed E-state index contributed by atoms with van der Waals surface area (Å²) >= 11 is 0. The number of nitrogens with one attached hydrogen (secondary N) is 1. The molecular weight excluding hydrogens is 170 g/mol. The van der Waals surface area contributed by atoms with Gasteiger partial charge in [0.2, 0.25) is 0 Å². The van der Waals surface area contributed by atoms with E-state index in [1.54, 1.807) is 6.26 Å². The third kappa shape index (κ3) is 5.72. The Hall–Kier alpha value is 0.110. The van der Waals surface area contributed by atoms with E-state index in [0.717, 1.165) is 6.54 Å². The summed E-state index contributed by atoms with van der Waals surface area (Å²) < 4.78 is 11.0. The molecule has 74 valence electrons. The van der Waals surface area contributed by atoms with Gasteiger partial charge in [-0.3, -0.25) is 4.21 Å². The van der Waals surface area contributed by atoms with Crippen molar-refractivity contribution in [3.05, 3.63) is 0 Å². The quantitative estimate of drug-likeness (QED) is 0.690. The highest BCUT2D eigenvalue weighted by Gasteiger charge is 2.07. The van der Waals surface area contributed by atoms with Crippen LogP contribution in [0.5, 0.6) is 0 Å². The third-order valence-electron chi connectivity index (χ3n) is 2.04. The molecule has 3 heteroatoms. The molecule has 3 unspecified atom stereocenters. The second kappa shape index (κ2) is 6.61. The summed E-state index contributed by atoms with van der Waals surface area (Å²) in [5.74, 6) is 0. The van der Waals surface area contributed by atoms with E-state index >= 15 is 0 Å². The van der Waals surface area contributed by atoms with Gasteiger partial charge in [-0.05, 0) is 20.3 Å². The first kappa shape index (κ1) is 12.1. The Morgan fingerprint density at radius 1 is 1.42 bits per heavy atom. The lowest BCUT2D eigenvalue weighted by atomic mass is 10.2. The lowest BCUT2D eigenvalue weighted by molar-refractivity contribution is 0.509. The topological polar surface area (TPSA) is 29.1 Å². The minimum Gasteiger partial charge on any atom is -0.313 e. The van der Waals surface area contributed by atoms with Crippen LogP contribution in [0.4, 0.5) is 0 Å². The average Bonchev–Trinajstić information content (AvgIpc) is 2.00. The molecule has 0 bridgehead atoms. The molecule has 0 saturated carbocycles. The lowest BCUT2D eigenvalue weighted by Crippen LogP contribution is -2.34. The van der Waals surface area contributed by atoms with Gasteiger partial charge in [0.25, 0.3) is 0 Å². The first-order chi connectivity index (χ1) is 5.57. The highest BCUT2D eigenvalue weighted by molar-refractivity contribution is 7.84. The molecule has 2 nitrogen and oxygen atoms in total. The summed E-state index contributed by atoms with van der Waals surface area (Å²) in [7, 11) is -0.693. The smallest absolute Gasteiger partial charge is 0.0441 e. The Kier molecular flexibility index (Phi) is 6.67. The summed E-state index contributed by atoms with van der Waals surface area (Å²) in [6.07, 6.45) is 4.16. The van der Waals surface area contributed by atoms with E-state index < -0.39 is 10.8 Å². The molecule has 3 atom stereocenters. The Morgan fingerprint density at radius 3 is 2.42 bits per heavy atom. The molecule has 0 aliphatic carbocycles. The van der Waals surface area contributed by atoms with Gasteiger partial charge in [-0.2, -0.15) is 0 Å². The van der Waals surface area contributed by atoms with Crippen LogP contribution in [-0.2, 0) is 10.8 Å². The van der Waals surface area contributed by atoms with Gasteiger partial charge in [0.05, 0.1) is 0 Å². The number of rotatable bonds is 6. The van der Waals surface area contributed by atoms with Crippen molar-refractivity contribution in [2.45, 2.75) is 44.9 Å². The van der Waals surface area contributed by atoms with Crippen LogP contribution >= 0.6 is 0 Å². The van der Waals surface area contributed by atoms with Crippen molar-refractivity contribution in [2.75, 3.05) is 12.8 Å². The maximum Gasteiger partial charge on any atom is 0.0441 e. The molecule has 12 heavy (non-hydrogen) atoms. The van der Waals surface area contributed by atoms with E-state index in [2.05, 4.69) is 19.2 Å². The van der Waals surface area contributed by atoms with Crippen molar-refractivity contribution < 1.29 is 4.21 Å². The van der Waals surface area contributed by atoms with Gasteiger partial charge in [-0.15, -0.1) is 0 Å². The van der Waals surface area contributed by atoms with E-state index in [1.165, 1.54) is 12.8 Å². The Bertz CT molecular complexity index is 138. The predicted octanol–water partition coefficient (Wildman–Crippen LogP) is 1.53. The fourth-order valence-corrected chi connectivity index (χ4v) is 1.35. The summed E-state index contributed by atoms with van der Waals surface area (Å²) in [5, 5.41) is 3.64. The molecular formula is C9H21NOS. The highest BCUT2D eigenvalue weighted by atomic mass is 32.2. The zero-order valence-corrected chi connectivity index (χ0v) is 9.41. The molecule has 1 N–H and O–H groups in total. The summed E-state index contributed by atoms with van der Waals surface area (Å²) in [6, 6.07) is 0.556. The maximum absolute atomic E-state index is 11.0. The van der Waals surface area contributed by atoms with Gasteiger partial charge in [0.15, 0.2) is 0 Å². The van der Waals surface area contributed by atoms with Crippen molar-refractivity contribution >= 4 is 10.8 Å². The van der Waals surface area contributed by atoms with Crippen LogP contribution in [-0.4, -0.2) is 28.3 Å². The second-order valence-corrected chi connectivity index (χ2v) is 5.21. The molecule has 0 radical (unpaired) electrons. The van der Waals surface area contributed by atoms with Crippen LogP contribution in [0, 0.1) is 0 Å². The number of hydrogen-bond donors (Lipinski definition) is 1. The molecule has 0 aliphatic heterocycles. The van der Waals surface area contributed by atoms with E-state index in [1.807, 2.05) is 6.92 Å². The lowest BCUT2D eigenvalue weighted by Gasteiger charge is -2.15. The van der Waals surface area contributed by atoms with Crippen LogP contribution in [0.2, 0.25) is 0 Å². The fraction of sp³-hybridized carbons (Fsp3) is 1.00. The van der Waals surface area contributed by atoms with E-state index in [0.29, 0.717) is 6.04 Å². The van der Waals surface area contributed by atoms with Crippen molar-refractivity contribution in [2.24, 2.45) is 0 Å². The van der Waals surface area contributed by atoms with Gasteiger partial charge < -0.3 is 5.32 Å². The van der Waals surface area contributed by atoms with E-state index in [-0.39, 0.29) is 5.25 Å². The monoisotopic (exact) mass is 191 g/mol. The molecule has 0 aromatic rings. The first-order valence-electron chi connectivity index (χ1n) is 4.63. The van der Waals surface area contributed by atoms with Crippen LogP contribution in [0.3, 0.4) is 0 Å². The van der Waals surface area contributed by atoms with Crippen molar-refractivity contribution in [1.29, 1.82) is 0 Å². The summed E-state index contributed by atoms with van der Waals surface area (Å²) in [6.45, 7) is 7.24. The van der Waals surface area contributed by atoms with Gasteiger partial charge in [0.1, 0.15) is 0 Å². The largest absolute Gasteiger partial charge is 0.313 e. The first-order valence-corrected chi connectivity index (χ1v) is 6.25. The van der Waals surface area contributed by atoms with Gasteiger partial charge >= 0.3 is 0 Å². The van der Waals surface area contributed by atoms with E-state index in [9.17, 15) is 4.21 Å². The van der Waals surface area contributed by atoms with Gasteiger partial charge in [0, 0.05) is 34.9 Å². The summed E-state index contributed by atoms with van der Waals surface area (Å²) in [5.41, 5.74) is 0. The average molecular weight is 191 g/mol. The minimum atomic E-state index is -0.693. The SMILES string of the molecule is CCCC(C)NCC(C)S(C)=O. The van der Waals surface area contributed by atoms with Crippen molar-refractivity contribution in [3.8, 4) is 0 Å². The zero-order valence-electron chi connectivity index (χ0n) is 8.59. The molecule has 0 amide bonds. The molecule has 0 fully saturated rings. The fourth-order valence-electron chi connectivity index (χ4n) is 1.02. The zero-order chi connectivity index (χ0) is 9.56. The Balaban J connectivity index is 3.46. The molecule has 0 aromatic heterocycles. The Labute approximate surface area is 78.6 Å². The molecule has 0 rings (SSSR count). The molecule has 0 aliphatic rings. The van der Waals surface area contributed by atoms with Crippen LogP contribution in [0.25, 0.3) is 0 Å². The van der Waals surface area contributed by atoms with Crippen LogP contribution < -0.4 is 5.32 Å². The standard InChI is InChI=1S/C9H21NOS/c1-5-6-8(2)10-7-9(3)12(4)11/h8-10H,5-7H2,1-4H3. The Morgan fingerprint density at radius 2 is 2.00 bits per heavy atom. The van der Waals surface area contributed by atoms with Crippen molar-refractivity contribution in [1.82, 2.24) is 5.32 Å². The normalized spacial score (nSPS) is 18.7. The molecule has 0 spiro atoms. The molecule has 0 saturated heterocycles. The third-order valence-corrected chi connectivity index (χ3v) is 3.34. The van der Waals surface area contributed by atoms with E-state index in [4.69, 9.17) is 0 Å². The molecule has 0 heterocycles. The second-order valence-electron chi connectivity index (χ2n) is 3.41. The minimum absolute atomic E-state index is 0.268. The van der Waals surface area contributed by atoms with Gasteiger partial charge in [-0.1, -0.05) is 13.3 Å². The highest BCUT2D eigenvalue weighted by Crippen LogP contribution is 1.96. The van der Waals surface area contributed by atoms with Crippen LogP contribution in [0.15, 0.2) is 0 Å². The van der Waals surface area contributed by atoms with Crippen LogP contribution in [0.1, 0.15) is 33.6 Å². The van der Waals surface area contributed by atoms with Crippen molar-refractivity contribution in [3.63, 3.8) is 0 Å². The predicted molar refractivity (Wildman–Crippen MR) is 55.9 cm³/mol. The number of hydrogen-bond acceptors (Lipinski definition) is 2. The molecule has 0 aromatic carbocycles. The maximum atomic E-state index is 11.0. The summed E-state index contributed by atoms with van der Waals surface area (Å²) in [4.78, 5) is 0. The van der Waals surface area contributed by atoms with Gasteiger partial charge in [-0.25, -0.2) is 0 Å².